The number of hydrogen-bond donors (Lipinski definition) is 1. The quantitative estimate of drug-likeness (QED) is 0.908. The van der Waals surface area contributed by atoms with Crippen molar-refractivity contribution >= 4 is 28.6 Å². The smallest absolute Gasteiger partial charge is 0.112 e. The molecule has 0 spiro atoms. The Morgan fingerprint density at radius 3 is 3.06 bits per heavy atom. The Labute approximate surface area is 102 Å². The van der Waals surface area contributed by atoms with E-state index in [1.807, 2.05) is 5.38 Å². The van der Waals surface area contributed by atoms with Crippen molar-refractivity contribution in [3.05, 3.63) is 45.4 Å². The van der Waals surface area contributed by atoms with Crippen molar-refractivity contribution in [3.63, 3.8) is 0 Å². The van der Waals surface area contributed by atoms with Gasteiger partial charge in [-0.05, 0) is 18.2 Å². The second-order valence-electron chi connectivity index (χ2n) is 3.08. The highest BCUT2D eigenvalue weighted by Crippen LogP contribution is 2.21. The van der Waals surface area contributed by atoms with Gasteiger partial charge in [0.25, 0.3) is 0 Å². The molecule has 3 nitrogen and oxygen atoms in total. The molecule has 0 aliphatic carbocycles. The first-order valence-electron chi connectivity index (χ1n) is 4.61. The van der Waals surface area contributed by atoms with Gasteiger partial charge in [-0.1, -0.05) is 11.6 Å². The molecule has 2 rings (SSSR count). The van der Waals surface area contributed by atoms with Gasteiger partial charge in [0.2, 0.25) is 0 Å². The fraction of sp³-hybridized carbons (Fsp3) is 0.0909. The summed E-state index contributed by atoms with van der Waals surface area (Å²) in [6.45, 7) is 0.604. The number of rotatable bonds is 3. The maximum absolute atomic E-state index is 8.92. The van der Waals surface area contributed by atoms with E-state index < -0.39 is 0 Å². The summed E-state index contributed by atoms with van der Waals surface area (Å²) in [5.41, 5.74) is 1.33. The number of hydrogen-bond acceptors (Lipinski definition) is 4. The molecule has 0 amide bonds. The lowest BCUT2D eigenvalue weighted by atomic mass is 10.2. The number of thiazole rings is 1. The molecule has 0 bridgehead atoms. The first-order chi connectivity index (χ1) is 7.79. The summed E-state index contributed by atoms with van der Waals surface area (Å²) in [5.74, 6) is 0. The Morgan fingerprint density at radius 2 is 2.38 bits per heavy atom. The maximum Gasteiger partial charge on any atom is 0.112 e. The van der Waals surface area contributed by atoms with Crippen molar-refractivity contribution in [1.82, 2.24) is 4.98 Å². The molecule has 1 aromatic heterocycles. The molecule has 0 unspecified atom stereocenters. The molecule has 16 heavy (non-hydrogen) atoms. The summed E-state index contributed by atoms with van der Waals surface area (Å²) in [6.07, 6.45) is 1.75. The molecule has 5 heteroatoms. The Bertz CT molecular complexity index is 517. The summed E-state index contributed by atoms with van der Waals surface area (Å²) >= 11 is 7.44. The standard InChI is InChI=1S/C11H8ClN3S/c12-9-2-1-8(6-13)10(5-9)15-7-11-14-3-4-16-11/h1-5,15H,7H2. The van der Waals surface area contributed by atoms with Gasteiger partial charge in [-0.25, -0.2) is 4.98 Å². The van der Waals surface area contributed by atoms with E-state index in [4.69, 9.17) is 16.9 Å². The normalized spacial score (nSPS) is 9.75. The van der Waals surface area contributed by atoms with Crippen LogP contribution in [-0.2, 0) is 6.54 Å². The van der Waals surface area contributed by atoms with Gasteiger partial charge in [0, 0.05) is 16.6 Å². The van der Waals surface area contributed by atoms with Crippen molar-refractivity contribution in [1.29, 1.82) is 5.26 Å². The molecule has 80 valence electrons. The third kappa shape index (κ3) is 2.51. The van der Waals surface area contributed by atoms with Crippen LogP contribution in [0.2, 0.25) is 5.02 Å². The highest BCUT2D eigenvalue weighted by molar-refractivity contribution is 7.09. The number of nitrogens with zero attached hydrogens (tertiary/aromatic N) is 2. The minimum Gasteiger partial charge on any atom is -0.377 e. The van der Waals surface area contributed by atoms with Crippen LogP contribution in [0.15, 0.2) is 29.8 Å². The predicted molar refractivity (Wildman–Crippen MR) is 65.6 cm³/mol. The number of benzene rings is 1. The number of nitrogens with one attached hydrogen (secondary N) is 1. The minimum absolute atomic E-state index is 0.584. The molecule has 0 aliphatic heterocycles. The third-order valence-corrected chi connectivity index (χ3v) is 3.03. The van der Waals surface area contributed by atoms with Gasteiger partial charge in [0.05, 0.1) is 17.8 Å². The highest BCUT2D eigenvalue weighted by Gasteiger charge is 2.03. The molecule has 0 saturated carbocycles. The Hall–Kier alpha value is -1.57. The van der Waals surface area contributed by atoms with Crippen LogP contribution < -0.4 is 5.32 Å². The highest BCUT2D eigenvalue weighted by atomic mass is 35.5. The minimum atomic E-state index is 0.584. The van der Waals surface area contributed by atoms with E-state index in [0.29, 0.717) is 17.1 Å². The molecule has 0 atom stereocenters. The molecule has 1 aromatic carbocycles. The first kappa shape index (κ1) is 10.9. The van der Waals surface area contributed by atoms with Gasteiger partial charge >= 0.3 is 0 Å². The zero-order chi connectivity index (χ0) is 11.4. The molecule has 0 fully saturated rings. The molecule has 1 heterocycles. The van der Waals surface area contributed by atoms with Crippen LogP contribution in [0.5, 0.6) is 0 Å². The lowest BCUT2D eigenvalue weighted by Crippen LogP contribution is -2.00. The van der Waals surface area contributed by atoms with Crippen molar-refractivity contribution in [2.45, 2.75) is 6.54 Å². The van der Waals surface area contributed by atoms with E-state index in [0.717, 1.165) is 10.7 Å². The van der Waals surface area contributed by atoms with E-state index in [2.05, 4.69) is 16.4 Å². The zero-order valence-corrected chi connectivity index (χ0v) is 9.85. The average Bonchev–Trinajstić information content (AvgIpc) is 2.79. The largest absolute Gasteiger partial charge is 0.377 e. The van der Waals surface area contributed by atoms with Crippen molar-refractivity contribution < 1.29 is 0 Å². The second kappa shape index (κ2) is 4.97. The van der Waals surface area contributed by atoms with Crippen LogP contribution in [0.1, 0.15) is 10.6 Å². The van der Waals surface area contributed by atoms with Gasteiger partial charge in [-0.3, -0.25) is 0 Å². The lowest BCUT2D eigenvalue weighted by Gasteiger charge is -2.06. The number of halogens is 1. The fourth-order valence-electron chi connectivity index (χ4n) is 1.27. The summed E-state index contributed by atoms with van der Waals surface area (Å²) in [4.78, 5) is 4.15. The van der Waals surface area contributed by atoms with Crippen LogP contribution in [0.4, 0.5) is 5.69 Å². The second-order valence-corrected chi connectivity index (χ2v) is 4.50. The zero-order valence-electron chi connectivity index (χ0n) is 8.27. The molecule has 1 N–H and O–H groups in total. The number of anilines is 1. The monoisotopic (exact) mass is 249 g/mol. The van der Waals surface area contributed by atoms with E-state index in [1.54, 1.807) is 35.7 Å². The Balaban J connectivity index is 2.15. The van der Waals surface area contributed by atoms with Gasteiger partial charge < -0.3 is 5.32 Å². The molecular weight excluding hydrogens is 242 g/mol. The van der Waals surface area contributed by atoms with Crippen molar-refractivity contribution in [3.8, 4) is 6.07 Å². The van der Waals surface area contributed by atoms with Crippen molar-refractivity contribution in [2.24, 2.45) is 0 Å². The predicted octanol–water partition coefficient (Wildman–Crippen LogP) is 3.28. The van der Waals surface area contributed by atoms with E-state index >= 15 is 0 Å². The van der Waals surface area contributed by atoms with Crippen LogP contribution in [0.25, 0.3) is 0 Å². The summed E-state index contributed by atoms with van der Waals surface area (Å²) in [7, 11) is 0. The van der Waals surface area contributed by atoms with Gasteiger partial charge in [-0.2, -0.15) is 5.26 Å². The van der Waals surface area contributed by atoms with Crippen LogP contribution in [-0.4, -0.2) is 4.98 Å². The Morgan fingerprint density at radius 1 is 1.50 bits per heavy atom. The van der Waals surface area contributed by atoms with Gasteiger partial charge in [0.1, 0.15) is 11.1 Å². The van der Waals surface area contributed by atoms with E-state index in [1.165, 1.54) is 0 Å². The van der Waals surface area contributed by atoms with Crippen LogP contribution in [0, 0.1) is 11.3 Å². The SMILES string of the molecule is N#Cc1ccc(Cl)cc1NCc1nccs1. The van der Waals surface area contributed by atoms with Crippen molar-refractivity contribution in [2.75, 3.05) is 5.32 Å². The lowest BCUT2D eigenvalue weighted by molar-refractivity contribution is 1.10. The molecule has 0 saturated heterocycles. The third-order valence-electron chi connectivity index (χ3n) is 2.02. The maximum atomic E-state index is 8.92. The van der Waals surface area contributed by atoms with Crippen LogP contribution in [0.3, 0.4) is 0 Å². The summed E-state index contributed by atoms with van der Waals surface area (Å²) < 4.78 is 0. The topological polar surface area (TPSA) is 48.7 Å². The first-order valence-corrected chi connectivity index (χ1v) is 5.87. The fourth-order valence-corrected chi connectivity index (χ4v) is 2.00. The molecule has 0 radical (unpaired) electrons. The Kier molecular flexibility index (Phi) is 3.40. The summed E-state index contributed by atoms with van der Waals surface area (Å²) in [6, 6.07) is 7.26. The van der Waals surface area contributed by atoms with E-state index in [9.17, 15) is 0 Å². The van der Waals surface area contributed by atoms with Gasteiger partial charge in [0.15, 0.2) is 0 Å². The molecular formula is C11H8ClN3S. The molecule has 2 aromatic rings. The molecule has 0 aliphatic rings. The summed E-state index contributed by atoms with van der Waals surface area (Å²) in [5, 5.41) is 15.6. The number of nitriles is 1. The van der Waals surface area contributed by atoms with Gasteiger partial charge in [-0.15, -0.1) is 11.3 Å². The number of aromatic nitrogens is 1. The average molecular weight is 250 g/mol. The van der Waals surface area contributed by atoms with Crippen LogP contribution >= 0.6 is 22.9 Å². The van der Waals surface area contributed by atoms with E-state index in [-0.39, 0.29) is 0 Å².